The molecule has 0 aromatic carbocycles. The summed E-state index contributed by atoms with van der Waals surface area (Å²) in [6, 6.07) is 0. The summed E-state index contributed by atoms with van der Waals surface area (Å²) in [5, 5.41) is 0. The molecule has 0 aromatic heterocycles. The Labute approximate surface area is 109 Å². The quantitative estimate of drug-likeness (QED) is 0.578. The van der Waals surface area contributed by atoms with Crippen molar-refractivity contribution in [3.05, 3.63) is 0 Å². The summed E-state index contributed by atoms with van der Waals surface area (Å²) >= 11 is 0. The molecule has 0 amide bonds. The minimum absolute atomic E-state index is 1.07. The van der Waals surface area contributed by atoms with E-state index < -0.39 is 0 Å². The van der Waals surface area contributed by atoms with E-state index in [1.54, 1.807) is 25.7 Å². The van der Waals surface area contributed by atoms with Crippen molar-refractivity contribution in [1.82, 2.24) is 0 Å². The van der Waals surface area contributed by atoms with Crippen LogP contribution < -0.4 is 0 Å². The lowest BCUT2D eigenvalue weighted by Gasteiger charge is -2.38. The van der Waals surface area contributed by atoms with E-state index in [0.29, 0.717) is 0 Å². The molecule has 2 rings (SSSR count). The third kappa shape index (κ3) is 3.73. The maximum Gasteiger partial charge on any atom is -0.0383 e. The lowest BCUT2D eigenvalue weighted by Crippen LogP contribution is -2.26. The molecule has 17 heavy (non-hydrogen) atoms. The second kappa shape index (κ2) is 6.81. The van der Waals surface area contributed by atoms with Crippen molar-refractivity contribution < 1.29 is 0 Å². The highest BCUT2D eigenvalue weighted by Crippen LogP contribution is 2.43. The molecular formula is C17H32. The van der Waals surface area contributed by atoms with Crippen LogP contribution in [0.25, 0.3) is 0 Å². The minimum Gasteiger partial charge on any atom is -0.0654 e. The van der Waals surface area contributed by atoms with E-state index >= 15 is 0 Å². The molecule has 0 heteroatoms. The van der Waals surface area contributed by atoms with Gasteiger partial charge in [-0.05, 0) is 42.9 Å². The first-order valence-corrected chi connectivity index (χ1v) is 8.33. The molecule has 0 aliphatic heterocycles. The van der Waals surface area contributed by atoms with Crippen LogP contribution in [0.3, 0.4) is 0 Å². The molecule has 2 unspecified atom stereocenters. The zero-order valence-electron chi connectivity index (χ0n) is 12.1. The number of hydrogen-bond donors (Lipinski definition) is 0. The Bertz CT molecular complexity index is 198. The Morgan fingerprint density at radius 3 is 2.18 bits per heavy atom. The summed E-state index contributed by atoms with van der Waals surface area (Å²) in [7, 11) is 0. The number of hydrogen-bond acceptors (Lipinski definition) is 0. The van der Waals surface area contributed by atoms with Gasteiger partial charge in [0.15, 0.2) is 0 Å². The van der Waals surface area contributed by atoms with Crippen LogP contribution in [0.4, 0.5) is 0 Å². The van der Waals surface area contributed by atoms with Gasteiger partial charge in [-0.3, -0.25) is 0 Å². The van der Waals surface area contributed by atoms with Crippen LogP contribution >= 0.6 is 0 Å². The molecular weight excluding hydrogens is 204 g/mol. The van der Waals surface area contributed by atoms with Crippen LogP contribution in [0.2, 0.25) is 0 Å². The third-order valence-electron chi connectivity index (χ3n) is 5.66. The van der Waals surface area contributed by atoms with E-state index in [4.69, 9.17) is 0 Å². The smallest absolute Gasteiger partial charge is 0.0383 e. The Hall–Kier alpha value is 0. The first kappa shape index (κ1) is 13.4. The van der Waals surface area contributed by atoms with Gasteiger partial charge in [-0.25, -0.2) is 0 Å². The van der Waals surface area contributed by atoms with Gasteiger partial charge in [-0.1, -0.05) is 65.2 Å². The fourth-order valence-electron chi connectivity index (χ4n) is 4.50. The normalized spacial score (nSPS) is 39.2. The molecule has 2 aliphatic rings. The van der Waals surface area contributed by atoms with Gasteiger partial charge < -0.3 is 0 Å². The maximum absolute atomic E-state index is 2.38. The molecule has 0 heterocycles. The predicted octanol–water partition coefficient (Wildman–Crippen LogP) is 5.81. The second-order valence-corrected chi connectivity index (χ2v) is 6.77. The van der Waals surface area contributed by atoms with Gasteiger partial charge in [0.25, 0.3) is 0 Å². The van der Waals surface area contributed by atoms with E-state index in [9.17, 15) is 0 Å². The first-order chi connectivity index (χ1) is 8.33. The highest BCUT2D eigenvalue weighted by Gasteiger charge is 2.30. The van der Waals surface area contributed by atoms with Gasteiger partial charge >= 0.3 is 0 Å². The molecule has 100 valence electrons. The summed E-state index contributed by atoms with van der Waals surface area (Å²) in [4.78, 5) is 0. The Morgan fingerprint density at radius 1 is 0.765 bits per heavy atom. The second-order valence-electron chi connectivity index (χ2n) is 6.77. The average molecular weight is 236 g/mol. The summed E-state index contributed by atoms with van der Waals surface area (Å²) in [5.41, 5.74) is 0. The molecule has 0 aromatic rings. The largest absolute Gasteiger partial charge is 0.0654 e. The standard InChI is InChI=1S/C17H32/c1-3-6-15-7-5-8-17(13-15)16-11-9-14(4-2)10-12-16/h14-17H,3-13H2,1-2H3. The molecule has 2 atom stereocenters. The topological polar surface area (TPSA) is 0 Å². The molecule has 0 bridgehead atoms. The van der Waals surface area contributed by atoms with E-state index in [0.717, 1.165) is 23.7 Å². The van der Waals surface area contributed by atoms with Crippen LogP contribution in [0.1, 0.15) is 84.5 Å². The molecule has 0 radical (unpaired) electrons. The predicted molar refractivity (Wildman–Crippen MR) is 76.1 cm³/mol. The molecule has 0 saturated heterocycles. The van der Waals surface area contributed by atoms with Crippen molar-refractivity contribution >= 4 is 0 Å². The van der Waals surface area contributed by atoms with Crippen molar-refractivity contribution in [3.8, 4) is 0 Å². The van der Waals surface area contributed by atoms with Crippen molar-refractivity contribution in [2.24, 2.45) is 23.7 Å². The lowest BCUT2D eigenvalue weighted by atomic mass is 9.68. The summed E-state index contributed by atoms with van der Waals surface area (Å²) < 4.78 is 0. The van der Waals surface area contributed by atoms with Crippen molar-refractivity contribution in [3.63, 3.8) is 0 Å². The zero-order valence-corrected chi connectivity index (χ0v) is 12.1. The SMILES string of the molecule is CCCC1CCCC(C2CCC(CC)CC2)C1. The Balaban J connectivity index is 1.77. The Morgan fingerprint density at radius 2 is 1.53 bits per heavy atom. The molecule has 2 fully saturated rings. The third-order valence-corrected chi connectivity index (χ3v) is 5.66. The van der Waals surface area contributed by atoms with Crippen LogP contribution in [0.5, 0.6) is 0 Å². The highest BCUT2D eigenvalue weighted by atomic mass is 14.4. The van der Waals surface area contributed by atoms with Gasteiger partial charge in [0, 0.05) is 0 Å². The monoisotopic (exact) mass is 236 g/mol. The fraction of sp³-hybridized carbons (Fsp3) is 1.00. The number of rotatable bonds is 4. The van der Waals surface area contributed by atoms with Crippen LogP contribution in [0.15, 0.2) is 0 Å². The molecule has 0 nitrogen and oxygen atoms in total. The average Bonchev–Trinajstić information content (AvgIpc) is 2.40. The van der Waals surface area contributed by atoms with Crippen molar-refractivity contribution in [2.45, 2.75) is 84.5 Å². The molecule has 2 aliphatic carbocycles. The summed E-state index contributed by atoms with van der Waals surface area (Å²) in [6.45, 7) is 4.74. The summed E-state index contributed by atoms with van der Waals surface area (Å²) in [6.07, 6.45) is 16.7. The van der Waals surface area contributed by atoms with Crippen molar-refractivity contribution in [1.29, 1.82) is 0 Å². The van der Waals surface area contributed by atoms with E-state index in [1.807, 2.05) is 0 Å². The highest BCUT2D eigenvalue weighted by molar-refractivity contribution is 4.82. The molecule has 0 spiro atoms. The minimum atomic E-state index is 1.07. The Kier molecular flexibility index (Phi) is 5.38. The first-order valence-electron chi connectivity index (χ1n) is 8.33. The van der Waals surface area contributed by atoms with Gasteiger partial charge in [-0.2, -0.15) is 0 Å². The van der Waals surface area contributed by atoms with Crippen LogP contribution in [-0.2, 0) is 0 Å². The van der Waals surface area contributed by atoms with E-state index in [2.05, 4.69) is 13.8 Å². The summed E-state index contributed by atoms with van der Waals surface area (Å²) in [5.74, 6) is 4.37. The lowest BCUT2D eigenvalue weighted by molar-refractivity contribution is 0.135. The van der Waals surface area contributed by atoms with E-state index in [1.165, 1.54) is 44.9 Å². The maximum atomic E-state index is 2.38. The van der Waals surface area contributed by atoms with E-state index in [-0.39, 0.29) is 0 Å². The van der Waals surface area contributed by atoms with Gasteiger partial charge in [0.2, 0.25) is 0 Å². The van der Waals surface area contributed by atoms with Gasteiger partial charge in [0.1, 0.15) is 0 Å². The molecule has 0 N–H and O–H groups in total. The fourth-order valence-corrected chi connectivity index (χ4v) is 4.50. The van der Waals surface area contributed by atoms with Crippen LogP contribution in [-0.4, -0.2) is 0 Å². The van der Waals surface area contributed by atoms with Crippen molar-refractivity contribution in [2.75, 3.05) is 0 Å². The van der Waals surface area contributed by atoms with Gasteiger partial charge in [-0.15, -0.1) is 0 Å². The van der Waals surface area contributed by atoms with Gasteiger partial charge in [0.05, 0.1) is 0 Å². The molecule has 2 saturated carbocycles. The van der Waals surface area contributed by atoms with Crippen LogP contribution in [0, 0.1) is 23.7 Å². The zero-order chi connectivity index (χ0) is 12.1.